The number of thioether (sulfide) groups is 1. The molecule has 25 heavy (non-hydrogen) atoms. The maximum Gasteiger partial charge on any atom is 0.237 e. The molecule has 0 saturated heterocycles. The number of hydrogen-bond donors (Lipinski definition) is 2. The van der Waals surface area contributed by atoms with Gasteiger partial charge >= 0.3 is 0 Å². The van der Waals surface area contributed by atoms with Gasteiger partial charge in [-0.15, -0.1) is 11.8 Å². The highest BCUT2D eigenvalue weighted by Gasteiger charge is 2.29. The summed E-state index contributed by atoms with van der Waals surface area (Å²) in [5.74, 6) is 0.269. The Morgan fingerprint density at radius 3 is 2.12 bits per heavy atom. The predicted octanol–water partition coefficient (Wildman–Crippen LogP) is 4.46. The van der Waals surface area contributed by atoms with Gasteiger partial charge in [0, 0.05) is 22.2 Å². The monoisotopic (exact) mass is 354 g/mol. The molecule has 0 aliphatic heterocycles. The van der Waals surface area contributed by atoms with Crippen LogP contribution in [0.3, 0.4) is 0 Å². The normalized spacial score (nSPS) is 14.6. The first-order chi connectivity index (χ1) is 12.0. The van der Waals surface area contributed by atoms with E-state index in [1.54, 1.807) is 0 Å². The second-order valence-corrected chi connectivity index (χ2v) is 7.82. The Labute approximate surface area is 152 Å². The zero-order chi connectivity index (χ0) is 17.8. The van der Waals surface area contributed by atoms with Crippen LogP contribution in [0, 0.1) is 12.8 Å². The minimum atomic E-state index is -0.215. The molecule has 0 aromatic heterocycles. The molecule has 1 saturated carbocycles. The smallest absolute Gasteiger partial charge is 0.237 e. The topological polar surface area (TPSA) is 58.2 Å². The van der Waals surface area contributed by atoms with E-state index < -0.39 is 0 Å². The van der Waals surface area contributed by atoms with Gasteiger partial charge in [-0.2, -0.15) is 0 Å². The van der Waals surface area contributed by atoms with Gasteiger partial charge in [-0.1, -0.05) is 17.7 Å². The van der Waals surface area contributed by atoms with Crippen LogP contribution in [0.4, 0.5) is 11.4 Å². The lowest BCUT2D eigenvalue weighted by molar-refractivity contribution is -0.117. The minimum absolute atomic E-state index is 0.0278. The highest BCUT2D eigenvalue weighted by atomic mass is 32.2. The van der Waals surface area contributed by atoms with Gasteiger partial charge in [-0.05, 0) is 63.1 Å². The SMILES string of the molecule is Cc1ccc(NC(=O)C(C)Sc2ccc(NC(=O)C3CC3)cc2)cc1. The lowest BCUT2D eigenvalue weighted by Crippen LogP contribution is -2.22. The van der Waals surface area contributed by atoms with Crippen molar-refractivity contribution in [3.63, 3.8) is 0 Å². The van der Waals surface area contributed by atoms with Crippen LogP contribution in [0.2, 0.25) is 0 Å². The van der Waals surface area contributed by atoms with Crippen LogP contribution < -0.4 is 10.6 Å². The van der Waals surface area contributed by atoms with Crippen LogP contribution in [-0.2, 0) is 9.59 Å². The van der Waals surface area contributed by atoms with E-state index in [-0.39, 0.29) is 23.0 Å². The first-order valence-electron chi connectivity index (χ1n) is 8.46. The van der Waals surface area contributed by atoms with E-state index in [9.17, 15) is 9.59 Å². The maximum atomic E-state index is 12.3. The molecule has 4 nitrogen and oxygen atoms in total. The maximum absolute atomic E-state index is 12.3. The summed E-state index contributed by atoms with van der Waals surface area (Å²) >= 11 is 1.50. The van der Waals surface area contributed by atoms with Crippen LogP contribution >= 0.6 is 11.8 Å². The molecular formula is C20H22N2O2S. The Balaban J connectivity index is 1.52. The van der Waals surface area contributed by atoms with Crippen LogP contribution in [0.5, 0.6) is 0 Å². The summed E-state index contributed by atoms with van der Waals surface area (Å²) in [7, 11) is 0. The summed E-state index contributed by atoms with van der Waals surface area (Å²) in [5.41, 5.74) is 2.77. The van der Waals surface area contributed by atoms with E-state index in [2.05, 4.69) is 10.6 Å². The number of amides is 2. The van der Waals surface area contributed by atoms with Crippen molar-refractivity contribution < 1.29 is 9.59 Å². The molecule has 130 valence electrons. The lowest BCUT2D eigenvalue weighted by Gasteiger charge is -2.13. The molecule has 2 amide bonds. The van der Waals surface area contributed by atoms with Crippen molar-refractivity contribution in [3.8, 4) is 0 Å². The van der Waals surface area contributed by atoms with Gasteiger partial charge in [0.15, 0.2) is 0 Å². The fourth-order valence-corrected chi connectivity index (χ4v) is 3.21. The molecule has 1 aliphatic rings. The summed E-state index contributed by atoms with van der Waals surface area (Å²) < 4.78 is 0. The Hall–Kier alpha value is -2.27. The first kappa shape index (κ1) is 17.5. The van der Waals surface area contributed by atoms with Crippen molar-refractivity contribution in [2.24, 2.45) is 5.92 Å². The van der Waals surface area contributed by atoms with Crippen molar-refractivity contribution >= 4 is 35.0 Å². The van der Waals surface area contributed by atoms with Gasteiger partial charge in [0.2, 0.25) is 11.8 Å². The zero-order valence-electron chi connectivity index (χ0n) is 14.4. The van der Waals surface area contributed by atoms with Gasteiger partial charge in [-0.25, -0.2) is 0 Å². The molecule has 1 atom stereocenters. The zero-order valence-corrected chi connectivity index (χ0v) is 15.2. The fraction of sp³-hybridized carbons (Fsp3) is 0.300. The molecule has 0 heterocycles. The van der Waals surface area contributed by atoms with Crippen molar-refractivity contribution in [2.45, 2.75) is 36.8 Å². The average Bonchev–Trinajstić information content (AvgIpc) is 3.43. The quantitative estimate of drug-likeness (QED) is 0.753. The van der Waals surface area contributed by atoms with Crippen molar-refractivity contribution in [2.75, 3.05) is 10.6 Å². The largest absolute Gasteiger partial charge is 0.326 e. The third-order valence-electron chi connectivity index (χ3n) is 4.07. The number of anilines is 2. The second kappa shape index (κ2) is 7.74. The van der Waals surface area contributed by atoms with Crippen molar-refractivity contribution in [1.82, 2.24) is 0 Å². The number of benzene rings is 2. The number of rotatable bonds is 6. The summed E-state index contributed by atoms with van der Waals surface area (Å²) in [5, 5.41) is 5.63. The number of carbonyl (C=O) groups excluding carboxylic acids is 2. The molecular weight excluding hydrogens is 332 g/mol. The summed E-state index contributed by atoms with van der Waals surface area (Å²) in [6, 6.07) is 15.4. The molecule has 5 heteroatoms. The van der Waals surface area contributed by atoms with E-state index in [1.807, 2.05) is 62.4 Å². The molecule has 0 bridgehead atoms. The first-order valence-corrected chi connectivity index (χ1v) is 9.34. The molecule has 1 fully saturated rings. The van der Waals surface area contributed by atoms with Crippen LogP contribution in [0.1, 0.15) is 25.3 Å². The van der Waals surface area contributed by atoms with Crippen LogP contribution in [-0.4, -0.2) is 17.1 Å². The third-order valence-corrected chi connectivity index (χ3v) is 5.18. The van der Waals surface area contributed by atoms with Crippen LogP contribution in [0.25, 0.3) is 0 Å². The van der Waals surface area contributed by atoms with Gasteiger partial charge in [-0.3, -0.25) is 9.59 Å². The summed E-state index contributed by atoms with van der Waals surface area (Å²) in [6.07, 6.45) is 1.99. The van der Waals surface area contributed by atoms with Gasteiger partial charge < -0.3 is 10.6 Å². The minimum Gasteiger partial charge on any atom is -0.326 e. The van der Waals surface area contributed by atoms with Gasteiger partial charge in [0.05, 0.1) is 5.25 Å². The lowest BCUT2D eigenvalue weighted by atomic mass is 10.2. The van der Waals surface area contributed by atoms with Gasteiger partial charge in [0.25, 0.3) is 0 Å². The number of hydrogen-bond acceptors (Lipinski definition) is 3. The van der Waals surface area contributed by atoms with E-state index >= 15 is 0 Å². The molecule has 2 aromatic carbocycles. The third kappa shape index (κ3) is 5.10. The molecule has 1 unspecified atom stereocenters. The van der Waals surface area contributed by atoms with E-state index in [4.69, 9.17) is 0 Å². The summed E-state index contributed by atoms with van der Waals surface area (Å²) in [4.78, 5) is 25.1. The Morgan fingerprint density at radius 1 is 0.960 bits per heavy atom. The number of carbonyl (C=O) groups is 2. The van der Waals surface area contributed by atoms with Crippen LogP contribution in [0.15, 0.2) is 53.4 Å². The van der Waals surface area contributed by atoms with Crippen molar-refractivity contribution in [3.05, 3.63) is 54.1 Å². The van der Waals surface area contributed by atoms with Gasteiger partial charge in [0.1, 0.15) is 0 Å². The number of nitrogens with one attached hydrogen (secondary N) is 2. The van der Waals surface area contributed by atoms with Crippen molar-refractivity contribution in [1.29, 1.82) is 0 Å². The molecule has 1 aliphatic carbocycles. The van der Waals surface area contributed by atoms with E-state index in [1.165, 1.54) is 11.8 Å². The molecule has 0 spiro atoms. The van der Waals surface area contributed by atoms with E-state index in [0.717, 1.165) is 34.7 Å². The number of aryl methyl sites for hydroxylation is 1. The standard InChI is InChI=1S/C20H22N2O2S/c1-13-3-7-16(8-4-13)21-19(23)14(2)25-18-11-9-17(10-12-18)22-20(24)15-5-6-15/h3-4,7-12,14-15H,5-6H2,1-2H3,(H,21,23)(H,22,24). The average molecular weight is 354 g/mol. The second-order valence-electron chi connectivity index (χ2n) is 6.40. The predicted molar refractivity (Wildman–Crippen MR) is 103 cm³/mol. The molecule has 2 aromatic rings. The fourth-order valence-electron chi connectivity index (χ4n) is 2.35. The molecule has 2 N–H and O–H groups in total. The highest BCUT2D eigenvalue weighted by Crippen LogP contribution is 2.31. The molecule has 3 rings (SSSR count). The van der Waals surface area contributed by atoms with E-state index in [0.29, 0.717) is 0 Å². The Bertz CT molecular complexity index is 752. The summed E-state index contributed by atoms with van der Waals surface area (Å²) in [6.45, 7) is 3.90. The Kier molecular flexibility index (Phi) is 5.43. The highest BCUT2D eigenvalue weighted by molar-refractivity contribution is 8.00. The molecule has 0 radical (unpaired) electrons. The Morgan fingerprint density at radius 2 is 1.52 bits per heavy atom.